The Morgan fingerprint density at radius 1 is 1.37 bits per heavy atom. The number of anilines is 1. The van der Waals surface area contributed by atoms with E-state index in [0.29, 0.717) is 12.6 Å². The highest BCUT2D eigenvalue weighted by atomic mass is 32.1. The van der Waals surface area contributed by atoms with Crippen LogP contribution >= 0.6 is 11.3 Å². The second-order valence-corrected chi connectivity index (χ2v) is 7.97. The van der Waals surface area contributed by atoms with E-state index in [0.717, 1.165) is 17.6 Å². The second-order valence-electron chi connectivity index (χ2n) is 6.91. The number of nitrogens with zero attached hydrogens (tertiary/aromatic N) is 2. The first-order valence-electron chi connectivity index (χ1n) is 7.29. The van der Waals surface area contributed by atoms with E-state index in [1.165, 1.54) is 23.4 Å². The minimum absolute atomic E-state index is 0.0751. The summed E-state index contributed by atoms with van der Waals surface area (Å²) in [6.45, 7) is 12.9. The van der Waals surface area contributed by atoms with E-state index in [4.69, 9.17) is 10.7 Å². The van der Waals surface area contributed by atoms with Crippen molar-refractivity contribution in [3.8, 4) is 0 Å². The van der Waals surface area contributed by atoms with E-state index in [9.17, 15) is 0 Å². The van der Waals surface area contributed by atoms with Crippen LogP contribution in [-0.2, 0) is 12.0 Å². The minimum Gasteiger partial charge on any atom is -0.345 e. The average Bonchev–Trinajstić information content (AvgIpc) is 3.01. The largest absolute Gasteiger partial charge is 0.345 e. The lowest BCUT2D eigenvalue weighted by Gasteiger charge is -2.26. The first-order valence-corrected chi connectivity index (χ1v) is 8.11. The summed E-state index contributed by atoms with van der Waals surface area (Å²) in [5, 5.41) is 1.16. The summed E-state index contributed by atoms with van der Waals surface area (Å²) >= 11 is 1.78. The zero-order valence-corrected chi connectivity index (χ0v) is 13.7. The number of hydrogen-bond acceptors (Lipinski definition) is 4. The fourth-order valence-electron chi connectivity index (χ4n) is 2.27. The fourth-order valence-corrected chi connectivity index (χ4v) is 3.57. The molecule has 0 aromatic carbocycles. The van der Waals surface area contributed by atoms with Gasteiger partial charge in [-0.2, -0.15) is 0 Å². The molecule has 0 aliphatic heterocycles. The lowest BCUT2D eigenvalue weighted by molar-refractivity contribution is 0.563. The van der Waals surface area contributed by atoms with Gasteiger partial charge in [-0.25, -0.2) is 4.98 Å². The third kappa shape index (κ3) is 3.48. The van der Waals surface area contributed by atoms with Gasteiger partial charge in [0.1, 0.15) is 0 Å². The van der Waals surface area contributed by atoms with E-state index in [1.807, 2.05) is 0 Å². The molecule has 1 aromatic heterocycles. The molecule has 0 saturated heterocycles. The molecule has 1 fully saturated rings. The Morgan fingerprint density at radius 2 is 2.00 bits per heavy atom. The topological polar surface area (TPSA) is 42.2 Å². The molecular weight excluding hydrogens is 254 g/mol. The summed E-state index contributed by atoms with van der Waals surface area (Å²) in [5.41, 5.74) is 7.15. The standard InChI is InChI=1S/C15H27N3S/c1-10(2)18(9-11-6-7-11)14-17-13(15(3,4)5)12(8-16)19-14/h10-11H,6-9,16H2,1-5H3. The molecule has 1 aliphatic carbocycles. The maximum Gasteiger partial charge on any atom is 0.186 e. The van der Waals surface area contributed by atoms with E-state index < -0.39 is 0 Å². The molecule has 2 rings (SSSR count). The van der Waals surface area contributed by atoms with E-state index in [-0.39, 0.29) is 5.41 Å². The molecule has 0 bridgehead atoms. The highest BCUT2D eigenvalue weighted by molar-refractivity contribution is 7.15. The van der Waals surface area contributed by atoms with Crippen LogP contribution < -0.4 is 10.6 Å². The zero-order chi connectivity index (χ0) is 14.2. The van der Waals surface area contributed by atoms with Crippen LogP contribution in [0.5, 0.6) is 0 Å². The first-order chi connectivity index (χ1) is 8.82. The van der Waals surface area contributed by atoms with E-state index in [1.54, 1.807) is 11.3 Å². The molecule has 1 aromatic rings. The molecule has 3 nitrogen and oxygen atoms in total. The Balaban J connectivity index is 2.29. The summed E-state index contributed by atoms with van der Waals surface area (Å²) in [7, 11) is 0. The van der Waals surface area contributed by atoms with Crippen LogP contribution in [0.2, 0.25) is 0 Å². The third-order valence-corrected chi connectivity index (χ3v) is 4.72. The number of rotatable bonds is 5. The third-order valence-electron chi connectivity index (χ3n) is 3.60. The molecular formula is C15H27N3S. The molecule has 108 valence electrons. The van der Waals surface area contributed by atoms with Crippen LogP contribution in [0.1, 0.15) is 58.0 Å². The highest BCUT2D eigenvalue weighted by Crippen LogP contribution is 2.37. The van der Waals surface area contributed by atoms with Gasteiger partial charge >= 0.3 is 0 Å². The Kier molecular flexibility index (Phi) is 4.21. The number of thiazole rings is 1. The summed E-state index contributed by atoms with van der Waals surface area (Å²) in [6.07, 6.45) is 2.76. The van der Waals surface area contributed by atoms with Gasteiger partial charge in [-0.15, -0.1) is 11.3 Å². The number of nitrogens with two attached hydrogens (primary N) is 1. The summed E-state index contributed by atoms with van der Waals surface area (Å²) in [5.74, 6) is 0.880. The maximum atomic E-state index is 5.90. The van der Waals surface area contributed by atoms with Gasteiger partial charge in [0.15, 0.2) is 5.13 Å². The van der Waals surface area contributed by atoms with E-state index in [2.05, 4.69) is 39.5 Å². The second kappa shape index (κ2) is 5.41. The summed E-state index contributed by atoms with van der Waals surface area (Å²) in [4.78, 5) is 8.61. The molecule has 19 heavy (non-hydrogen) atoms. The smallest absolute Gasteiger partial charge is 0.186 e. The first kappa shape index (κ1) is 14.8. The fraction of sp³-hybridized carbons (Fsp3) is 0.800. The SMILES string of the molecule is CC(C)N(CC1CC1)c1nc(C(C)(C)C)c(CN)s1. The molecule has 1 saturated carbocycles. The average molecular weight is 281 g/mol. The minimum atomic E-state index is 0.0751. The molecule has 1 aliphatic rings. The van der Waals surface area contributed by atoms with Crippen molar-refractivity contribution in [3.05, 3.63) is 10.6 Å². The molecule has 4 heteroatoms. The predicted molar refractivity (Wildman–Crippen MR) is 83.9 cm³/mol. The maximum absolute atomic E-state index is 5.90. The zero-order valence-electron chi connectivity index (χ0n) is 12.9. The van der Waals surface area contributed by atoms with Crippen molar-refractivity contribution in [3.63, 3.8) is 0 Å². The molecule has 1 heterocycles. The monoisotopic (exact) mass is 281 g/mol. The van der Waals surface area contributed by atoms with Crippen molar-refractivity contribution < 1.29 is 0 Å². The highest BCUT2D eigenvalue weighted by Gasteiger charge is 2.29. The number of aromatic nitrogens is 1. The quantitative estimate of drug-likeness (QED) is 0.898. The molecule has 2 N–H and O–H groups in total. The van der Waals surface area contributed by atoms with Crippen LogP contribution in [0.25, 0.3) is 0 Å². The number of hydrogen-bond donors (Lipinski definition) is 1. The Hall–Kier alpha value is -0.610. The van der Waals surface area contributed by atoms with Crippen molar-refractivity contribution in [2.45, 2.75) is 65.5 Å². The van der Waals surface area contributed by atoms with Gasteiger partial charge in [0.25, 0.3) is 0 Å². The van der Waals surface area contributed by atoms with Crippen LogP contribution in [0.4, 0.5) is 5.13 Å². The van der Waals surface area contributed by atoms with Crippen LogP contribution in [-0.4, -0.2) is 17.6 Å². The molecule has 0 unspecified atom stereocenters. The van der Waals surface area contributed by atoms with Crippen LogP contribution in [0, 0.1) is 5.92 Å². The summed E-state index contributed by atoms with van der Waals surface area (Å²) < 4.78 is 0. The van der Waals surface area contributed by atoms with Crippen LogP contribution in [0.15, 0.2) is 0 Å². The van der Waals surface area contributed by atoms with Gasteiger partial charge < -0.3 is 10.6 Å². The van der Waals surface area contributed by atoms with Crippen molar-refractivity contribution in [1.29, 1.82) is 0 Å². The van der Waals surface area contributed by atoms with Crippen molar-refractivity contribution >= 4 is 16.5 Å². The van der Waals surface area contributed by atoms with Crippen molar-refractivity contribution in [1.82, 2.24) is 4.98 Å². The van der Waals surface area contributed by atoms with Gasteiger partial charge in [-0.1, -0.05) is 20.8 Å². The Morgan fingerprint density at radius 3 is 2.37 bits per heavy atom. The van der Waals surface area contributed by atoms with Gasteiger partial charge in [-0.3, -0.25) is 0 Å². The molecule has 0 radical (unpaired) electrons. The molecule has 0 spiro atoms. The van der Waals surface area contributed by atoms with E-state index >= 15 is 0 Å². The Labute approximate surface area is 121 Å². The van der Waals surface area contributed by atoms with Crippen LogP contribution in [0.3, 0.4) is 0 Å². The van der Waals surface area contributed by atoms with Gasteiger partial charge in [0.2, 0.25) is 0 Å². The normalized spacial score (nSPS) is 16.2. The molecule has 0 amide bonds. The Bertz CT molecular complexity index is 427. The van der Waals surface area contributed by atoms with Crippen molar-refractivity contribution in [2.24, 2.45) is 11.7 Å². The predicted octanol–water partition coefficient (Wildman–Crippen LogP) is 3.52. The van der Waals surface area contributed by atoms with Crippen molar-refractivity contribution in [2.75, 3.05) is 11.4 Å². The molecule has 0 atom stereocenters. The van der Waals surface area contributed by atoms with Gasteiger partial charge in [0, 0.05) is 29.4 Å². The lowest BCUT2D eigenvalue weighted by atomic mass is 9.91. The van der Waals surface area contributed by atoms with Gasteiger partial charge in [0.05, 0.1) is 5.69 Å². The summed E-state index contributed by atoms with van der Waals surface area (Å²) in [6, 6.07) is 0.505. The van der Waals surface area contributed by atoms with Gasteiger partial charge in [-0.05, 0) is 32.6 Å². The lowest BCUT2D eigenvalue weighted by Crippen LogP contribution is -2.32.